The zero-order valence-corrected chi connectivity index (χ0v) is 17.5. The molecule has 1 heterocycles. The van der Waals surface area contributed by atoms with Gasteiger partial charge in [0.05, 0.1) is 17.0 Å². The standard InChI is InChI=1S/C26H27N3O/c1-3-22(20-12-8-5-9-13-20)26(30)27-21-15-16-24-23(18-21)28-25(29(24)2)17-14-19-10-6-4-7-11-19/h4-13,15-16,18,22H,3,14,17H2,1-2H3,(H,27,30)/t22-/m0/s1. The van der Waals surface area contributed by atoms with Gasteiger partial charge >= 0.3 is 0 Å². The van der Waals surface area contributed by atoms with Crippen molar-refractivity contribution in [2.45, 2.75) is 32.1 Å². The van der Waals surface area contributed by atoms with Crippen molar-refractivity contribution in [3.05, 3.63) is 95.8 Å². The summed E-state index contributed by atoms with van der Waals surface area (Å²) < 4.78 is 2.14. The lowest BCUT2D eigenvalue weighted by Crippen LogP contribution is -2.20. The van der Waals surface area contributed by atoms with Crippen molar-refractivity contribution in [2.75, 3.05) is 5.32 Å². The Morgan fingerprint density at radius 2 is 1.67 bits per heavy atom. The maximum atomic E-state index is 12.9. The van der Waals surface area contributed by atoms with E-state index in [9.17, 15) is 4.79 Å². The number of rotatable bonds is 7. The fourth-order valence-corrected chi connectivity index (χ4v) is 3.94. The number of amides is 1. The normalized spacial score (nSPS) is 12.1. The molecular formula is C26H27N3O. The summed E-state index contributed by atoms with van der Waals surface area (Å²) in [4.78, 5) is 17.7. The molecule has 0 radical (unpaired) electrons. The first-order chi connectivity index (χ1) is 14.7. The molecule has 3 aromatic carbocycles. The molecule has 1 amide bonds. The van der Waals surface area contributed by atoms with Gasteiger partial charge in [0.15, 0.2) is 0 Å². The van der Waals surface area contributed by atoms with E-state index >= 15 is 0 Å². The zero-order valence-electron chi connectivity index (χ0n) is 17.5. The fourth-order valence-electron chi connectivity index (χ4n) is 3.94. The molecule has 0 saturated heterocycles. The molecule has 0 aliphatic heterocycles. The maximum Gasteiger partial charge on any atom is 0.231 e. The van der Waals surface area contributed by atoms with Crippen LogP contribution in [0.15, 0.2) is 78.9 Å². The van der Waals surface area contributed by atoms with Crippen LogP contribution in [0.25, 0.3) is 11.0 Å². The zero-order chi connectivity index (χ0) is 20.9. The Morgan fingerprint density at radius 3 is 2.37 bits per heavy atom. The van der Waals surface area contributed by atoms with Crippen molar-refractivity contribution in [3.8, 4) is 0 Å². The summed E-state index contributed by atoms with van der Waals surface area (Å²) in [6.07, 6.45) is 2.59. The number of aromatic nitrogens is 2. The van der Waals surface area contributed by atoms with Crippen LogP contribution >= 0.6 is 0 Å². The quantitative estimate of drug-likeness (QED) is 0.448. The average Bonchev–Trinajstić information content (AvgIpc) is 3.09. The van der Waals surface area contributed by atoms with Crippen molar-refractivity contribution in [1.29, 1.82) is 0 Å². The van der Waals surface area contributed by atoms with E-state index in [4.69, 9.17) is 4.98 Å². The van der Waals surface area contributed by atoms with E-state index in [1.807, 2.05) is 61.5 Å². The van der Waals surface area contributed by atoms with Crippen LogP contribution in [0.1, 0.15) is 36.2 Å². The van der Waals surface area contributed by atoms with E-state index in [1.54, 1.807) is 0 Å². The minimum Gasteiger partial charge on any atom is -0.331 e. The smallest absolute Gasteiger partial charge is 0.231 e. The first kappa shape index (κ1) is 19.9. The third-order valence-electron chi connectivity index (χ3n) is 5.65. The largest absolute Gasteiger partial charge is 0.331 e. The number of nitrogens with zero attached hydrogens (tertiary/aromatic N) is 2. The summed E-state index contributed by atoms with van der Waals surface area (Å²) in [5.41, 5.74) is 5.12. The highest BCUT2D eigenvalue weighted by atomic mass is 16.1. The summed E-state index contributed by atoms with van der Waals surface area (Å²) in [5, 5.41) is 3.08. The lowest BCUT2D eigenvalue weighted by atomic mass is 9.95. The summed E-state index contributed by atoms with van der Waals surface area (Å²) in [5.74, 6) is 0.906. The number of carbonyl (C=O) groups is 1. The SMILES string of the molecule is CC[C@H](C(=O)Nc1ccc2c(c1)nc(CCc1ccccc1)n2C)c1ccccc1. The van der Waals surface area contributed by atoms with Gasteiger partial charge in [-0.25, -0.2) is 4.98 Å². The van der Waals surface area contributed by atoms with Gasteiger partial charge in [0, 0.05) is 19.2 Å². The molecule has 152 valence electrons. The molecule has 1 atom stereocenters. The van der Waals surface area contributed by atoms with E-state index in [1.165, 1.54) is 5.56 Å². The number of benzene rings is 3. The molecule has 4 rings (SSSR count). The first-order valence-corrected chi connectivity index (χ1v) is 10.5. The molecule has 4 aromatic rings. The van der Waals surface area contributed by atoms with Crippen molar-refractivity contribution >= 4 is 22.6 Å². The monoisotopic (exact) mass is 397 g/mol. The number of anilines is 1. The summed E-state index contributed by atoms with van der Waals surface area (Å²) >= 11 is 0. The third-order valence-corrected chi connectivity index (χ3v) is 5.65. The Kier molecular flexibility index (Phi) is 5.94. The second-order valence-corrected chi connectivity index (χ2v) is 7.64. The number of hydrogen-bond acceptors (Lipinski definition) is 2. The van der Waals surface area contributed by atoms with E-state index in [2.05, 4.69) is 41.2 Å². The van der Waals surface area contributed by atoms with Gasteiger partial charge in [-0.05, 0) is 42.2 Å². The van der Waals surface area contributed by atoms with Gasteiger partial charge in [-0.1, -0.05) is 67.6 Å². The van der Waals surface area contributed by atoms with Crippen molar-refractivity contribution in [3.63, 3.8) is 0 Å². The molecular weight excluding hydrogens is 370 g/mol. The molecule has 4 nitrogen and oxygen atoms in total. The van der Waals surface area contributed by atoms with Crippen LogP contribution in [0.5, 0.6) is 0 Å². The van der Waals surface area contributed by atoms with Gasteiger partial charge in [0.1, 0.15) is 5.82 Å². The van der Waals surface area contributed by atoms with Crippen molar-refractivity contribution in [1.82, 2.24) is 9.55 Å². The Morgan fingerprint density at radius 1 is 0.967 bits per heavy atom. The molecule has 0 saturated carbocycles. The van der Waals surface area contributed by atoms with E-state index < -0.39 is 0 Å². The molecule has 0 spiro atoms. The molecule has 30 heavy (non-hydrogen) atoms. The van der Waals surface area contributed by atoms with Gasteiger partial charge < -0.3 is 9.88 Å². The molecule has 0 aliphatic carbocycles. The minimum absolute atomic E-state index is 0.0169. The lowest BCUT2D eigenvalue weighted by Gasteiger charge is -2.15. The lowest BCUT2D eigenvalue weighted by molar-refractivity contribution is -0.117. The minimum atomic E-state index is -0.160. The number of hydrogen-bond donors (Lipinski definition) is 1. The van der Waals surface area contributed by atoms with Gasteiger partial charge in [-0.15, -0.1) is 0 Å². The molecule has 0 fully saturated rings. The molecule has 0 bridgehead atoms. The van der Waals surface area contributed by atoms with Crippen molar-refractivity contribution in [2.24, 2.45) is 7.05 Å². The van der Waals surface area contributed by atoms with Crippen LogP contribution in [0.2, 0.25) is 0 Å². The van der Waals surface area contributed by atoms with Crippen LogP contribution in [0, 0.1) is 0 Å². The van der Waals surface area contributed by atoms with Gasteiger partial charge in [0.25, 0.3) is 0 Å². The first-order valence-electron chi connectivity index (χ1n) is 10.5. The van der Waals surface area contributed by atoms with E-state index in [0.29, 0.717) is 0 Å². The topological polar surface area (TPSA) is 46.9 Å². The average molecular weight is 398 g/mol. The van der Waals surface area contributed by atoms with Crippen LogP contribution in [-0.4, -0.2) is 15.5 Å². The predicted molar refractivity (Wildman–Crippen MR) is 123 cm³/mol. The van der Waals surface area contributed by atoms with Crippen LogP contribution in [0.4, 0.5) is 5.69 Å². The van der Waals surface area contributed by atoms with Gasteiger partial charge in [-0.2, -0.15) is 0 Å². The van der Waals surface area contributed by atoms with Crippen LogP contribution in [0.3, 0.4) is 0 Å². The number of aryl methyl sites for hydroxylation is 3. The Labute approximate surface area is 177 Å². The number of imidazole rings is 1. The number of carbonyl (C=O) groups excluding carboxylic acids is 1. The number of fused-ring (bicyclic) bond motifs is 1. The predicted octanol–water partition coefficient (Wildman–Crippen LogP) is 5.49. The van der Waals surface area contributed by atoms with Crippen LogP contribution in [-0.2, 0) is 24.7 Å². The van der Waals surface area contributed by atoms with E-state index in [0.717, 1.165) is 47.4 Å². The molecule has 0 unspecified atom stereocenters. The molecule has 1 N–H and O–H groups in total. The fraction of sp³-hybridized carbons (Fsp3) is 0.231. The Hall–Kier alpha value is -3.40. The molecule has 4 heteroatoms. The summed E-state index contributed by atoms with van der Waals surface area (Å²) in [6.45, 7) is 2.04. The highest BCUT2D eigenvalue weighted by Gasteiger charge is 2.19. The highest BCUT2D eigenvalue weighted by molar-refractivity contribution is 5.97. The Bertz CT molecular complexity index is 1130. The van der Waals surface area contributed by atoms with E-state index in [-0.39, 0.29) is 11.8 Å². The summed E-state index contributed by atoms with van der Waals surface area (Å²) in [7, 11) is 2.05. The van der Waals surface area contributed by atoms with Gasteiger partial charge in [0.2, 0.25) is 5.91 Å². The third kappa shape index (κ3) is 4.28. The molecule has 1 aromatic heterocycles. The van der Waals surface area contributed by atoms with Crippen LogP contribution < -0.4 is 5.32 Å². The highest BCUT2D eigenvalue weighted by Crippen LogP contribution is 2.24. The van der Waals surface area contributed by atoms with Crippen molar-refractivity contribution < 1.29 is 4.79 Å². The maximum absolute atomic E-state index is 12.9. The number of nitrogens with one attached hydrogen (secondary N) is 1. The second-order valence-electron chi connectivity index (χ2n) is 7.64. The molecule has 0 aliphatic rings. The Balaban J connectivity index is 1.51. The second kappa shape index (κ2) is 8.95. The van der Waals surface area contributed by atoms with Gasteiger partial charge in [-0.3, -0.25) is 4.79 Å². The summed E-state index contributed by atoms with van der Waals surface area (Å²) in [6, 6.07) is 26.4.